The van der Waals surface area contributed by atoms with Crippen molar-refractivity contribution in [2.45, 2.75) is 6.54 Å². The number of phenolic OH excluding ortho intramolecular Hbond substituents is 1. The summed E-state index contributed by atoms with van der Waals surface area (Å²) in [5, 5.41) is 9.28. The number of carbonyl (C=O) groups is 1. The second kappa shape index (κ2) is 4.00. The van der Waals surface area contributed by atoms with Crippen LogP contribution in [0.2, 0.25) is 0 Å². The maximum absolute atomic E-state index is 10.5. The highest BCUT2D eigenvalue weighted by Gasteiger charge is 1.97. The molecule has 1 aromatic carbocycles. The highest BCUT2D eigenvalue weighted by Crippen LogP contribution is 2.12. The Bertz CT molecular complexity index is 474. The zero-order chi connectivity index (χ0) is 10.7. The lowest BCUT2D eigenvalue weighted by Gasteiger charge is -2.03. The maximum Gasteiger partial charge on any atom is 0.151 e. The molecule has 0 aliphatic rings. The van der Waals surface area contributed by atoms with Crippen LogP contribution in [-0.4, -0.2) is 16.0 Å². The smallest absolute Gasteiger partial charge is 0.151 e. The van der Waals surface area contributed by atoms with Gasteiger partial charge in [-0.1, -0.05) is 12.1 Å². The van der Waals surface area contributed by atoms with Crippen LogP contribution in [0, 0.1) is 0 Å². The van der Waals surface area contributed by atoms with Crippen LogP contribution < -0.4 is 0 Å². The predicted octanol–water partition coefficient (Wildman–Crippen LogP) is 2.05. The molecular weight excluding hydrogens is 190 g/mol. The number of aromatic hydroxyl groups is 1. The van der Waals surface area contributed by atoms with Crippen LogP contribution in [-0.2, 0) is 6.54 Å². The quantitative estimate of drug-likeness (QED) is 0.772. The van der Waals surface area contributed by atoms with Gasteiger partial charge in [0.05, 0.1) is 0 Å². The summed E-state index contributed by atoms with van der Waals surface area (Å²) in [6, 6.07) is 8.83. The summed E-state index contributed by atoms with van der Waals surface area (Å²) in [6.45, 7) is 0.655. The van der Waals surface area contributed by atoms with Crippen molar-refractivity contribution in [2.75, 3.05) is 0 Å². The molecule has 1 N–H and O–H groups in total. The summed E-state index contributed by atoms with van der Waals surface area (Å²) in [5.41, 5.74) is 1.67. The van der Waals surface area contributed by atoms with Crippen molar-refractivity contribution in [2.24, 2.45) is 0 Å². The first-order valence-corrected chi connectivity index (χ1v) is 4.67. The van der Waals surface area contributed by atoms with Gasteiger partial charge in [0.1, 0.15) is 5.75 Å². The van der Waals surface area contributed by atoms with E-state index in [-0.39, 0.29) is 5.75 Å². The highest BCUT2D eigenvalue weighted by molar-refractivity contribution is 5.74. The topological polar surface area (TPSA) is 42.2 Å². The first-order valence-electron chi connectivity index (χ1n) is 4.67. The van der Waals surface area contributed by atoms with Crippen molar-refractivity contribution < 1.29 is 9.90 Å². The summed E-state index contributed by atoms with van der Waals surface area (Å²) in [4.78, 5) is 10.5. The van der Waals surface area contributed by atoms with Gasteiger partial charge in [-0.2, -0.15) is 0 Å². The third kappa shape index (κ3) is 2.26. The third-order valence-corrected chi connectivity index (χ3v) is 2.19. The summed E-state index contributed by atoms with van der Waals surface area (Å²) in [6.07, 6.45) is 4.43. The minimum Gasteiger partial charge on any atom is -0.508 e. The monoisotopic (exact) mass is 201 g/mol. The molecule has 3 nitrogen and oxygen atoms in total. The van der Waals surface area contributed by atoms with Gasteiger partial charge in [-0.15, -0.1) is 0 Å². The Morgan fingerprint density at radius 2 is 2.20 bits per heavy atom. The molecule has 3 heteroatoms. The molecule has 0 unspecified atom stereocenters. The molecule has 0 aliphatic carbocycles. The molecule has 2 rings (SSSR count). The Morgan fingerprint density at radius 1 is 1.33 bits per heavy atom. The lowest BCUT2D eigenvalue weighted by molar-refractivity contribution is 0.112. The van der Waals surface area contributed by atoms with E-state index >= 15 is 0 Å². The average Bonchev–Trinajstić information content (AvgIpc) is 2.65. The highest BCUT2D eigenvalue weighted by atomic mass is 16.3. The minimum absolute atomic E-state index is 0.260. The van der Waals surface area contributed by atoms with E-state index < -0.39 is 0 Å². The van der Waals surface area contributed by atoms with E-state index in [2.05, 4.69) is 0 Å². The van der Waals surface area contributed by atoms with Gasteiger partial charge < -0.3 is 9.67 Å². The third-order valence-electron chi connectivity index (χ3n) is 2.19. The molecule has 76 valence electrons. The van der Waals surface area contributed by atoms with Gasteiger partial charge in [0.15, 0.2) is 6.29 Å². The fourth-order valence-corrected chi connectivity index (χ4v) is 1.49. The van der Waals surface area contributed by atoms with Gasteiger partial charge in [0.2, 0.25) is 0 Å². The molecule has 15 heavy (non-hydrogen) atoms. The number of nitrogens with zero attached hydrogens (tertiary/aromatic N) is 1. The van der Waals surface area contributed by atoms with Crippen molar-refractivity contribution in [3.05, 3.63) is 53.9 Å². The van der Waals surface area contributed by atoms with E-state index in [0.29, 0.717) is 12.1 Å². The minimum atomic E-state index is 0.260. The van der Waals surface area contributed by atoms with Crippen molar-refractivity contribution in [1.29, 1.82) is 0 Å². The van der Waals surface area contributed by atoms with Crippen LogP contribution in [0.5, 0.6) is 5.75 Å². The molecule has 1 aromatic heterocycles. The number of aromatic nitrogens is 1. The van der Waals surface area contributed by atoms with Gasteiger partial charge in [0, 0.05) is 24.5 Å². The number of phenols is 1. The molecule has 0 bridgehead atoms. The lowest BCUT2D eigenvalue weighted by atomic mass is 10.2. The first kappa shape index (κ1) is 9.52. The second-order valence-electron chi connectivity index (χ2n) is 3.40. The number of carbonyl (C=O) groups excluding carboxylic acids is 1. The number of hydrogen-bond donors (Lipinski definition) is 1. The van der Waals surface area contributed by atoms with Crippen LogP contribution in [0.4, 0.5) is 0 Å². The summed E-state index contributed by atoms with van der Waals surface area (Å²) < 4.78 is 1.90. The molecule has 0 aliphatic heterocycles. The van der Waals surface area contributed by atoms with E-state index in [0.717, 1.165) is 11.8 Å². The van der Waals surface area contributed by atoms with Gasteiger partial charge in [-0.25, -0.2) is 0 Å². The van der Waals surface area contributed by atoms with Crippen LogP contribution in [0.15, 0.2) is 42.7 Å². The molecule has 1 heterocycles. The van der Waals surface area contributed by atoms with Gasteiger partial charge in [-0.05, 0) is 23.8 Å². The van der Waals surface area contributed by atoms with E-state index in [1.54, 1.807) is 30.5 Å². The average molecular weight is 201 g/mol. The molecule has 0 spiro atoms. The zero-order valence-electron chi connectivity index (χ0n) is 8.13. The SMILES string of the molecule is O=Cc1ccn(Cc2cccc(O)c2)c1. The standard InChI is InChI=1S/C12H11NO2/c14-9-11-4-5-13(8-11)7-10-2-1-3-12(15)6-10/h1-6,8-9,15H,7H2. The first-order chi connectivity index (χ1) is 7.28. The largest absolute Gasteiger partial charge is 0.508 e. The van der Waals surface area contributed by atoms with Crippen LogP contribution in [0.1, 0.15) is 15.9 Å². The Kier molecular flexibility index (Phi) is 2.54. The number of aldehydes is 1. The van der Waals surface area contributed by atoms with Gasteiger partial charge >= 0.3 is 0 Å². The van der Waals surface area contributed by atoms with Crippen molar-refractivity contribution in [3.63, 3.8) is 0 Å². The summed E-state index contributed by atoms with van der Waals surface area (Å²) >= 11 is 0. The normalized spacial score (nSPS) is 10.1. The Morgan fingerprint density at radius 3 is 2.87 bits per heavy atom. The second-order valence-corrected chi connectivity index (χ2v) is 3.40. The fraction of sp³-hybridized carbons (Fsp3) is 0.0833. The Labute approximate surface area is 87.6 Å². The molecule has 0 atom stereocenters. The fourth-order valence-electron chi connectivity index (χ4n) is 1.49. The zero-order valence-corrected chi connectivity index (χ0v) is 8.13. The molecule has 2 aromatic rings. The van der Waals surface area contributed by atoms with Gasteiger partial charge in [-0.3, -0.25) is 4.79 Å². The number of rotatable bonds is 3. The lowest BCUT2D eigenvalue weighted by Crippen LogP contribution is -1.95. The number of hydrogen-bond acceptors (Lipinski definition) is 2. The maximum atomic E-state index is 10.5. The van der Waals surface area contributed by atoms with E-state index in [4.69, 9.17) is 0 Å². The Balaban J connectivity index is 2.18. The van der Waals surface area contributed by atoms with Crippen molar-refractivity contribution >= 4 is 6.29 Å². The number of benzene rings is 1. The summed E-state index contributed by atoms with van der Waals surface area (Å²) in [7, 11) is 0. The predicted molar refractivity (Wildman–Crippen MR) is 57.0 cm³/mol. The summed E-state index contributed by atoms with van der Waals surface area (Å²) in [5.74, 6) is 0.260. The molecule has 0 saturated carbocycles. The molecule has 0 fully saturated rings. The Hall–Kier alpha value is -2.03. The molecule has 0 radical (unpaired) electrons. The van der Waals surface area contributed by atoms with E-state index in [9.17, 15) is 9.90 Å². The van der Waals surface area contributed by atoms with Crippen LogP contribution in [0.25, 0.3) is 0 Å². The molecular formula is C12H11NO2. The van der Waals surface area contributed by atoms with Crippen molar-refractivity contribution in [1.82, 2.24) is 4.57 Å². The van der Waals surface area contributed by atoms with Gasteiger partial charge in [0.25, 0.3) is 0 Å². The van der Waals surface area contributed by atoms with E-state index in [1.165, 1.54) is 0 Å². The van der Waals surface area contributed by atoms with E-state index in [1.807, 2.05) is 16.8 Å². The van der Waals surface area contributed by atoms with Crippen molar-refractivity contribution in [3.8, 4) is 5.75 Å². The molecule has 0 amide bonds. The molecule has 0 saturated heterocycles. The van der Waals surface area contributed by atoms with Crippen LogP contribution >= 0.6 is 0 Å². The van der Waals surface area contributed by atoms with Crippen LogP contribution in [0.3, 0.4) is 0 Å².